The quantitative estimate of drug-likeness (QED) is 0.129. The highest BCUT2D eigenvalue weighted by atomic mass is 16.5. The normalized spacial score (nSPS) is 24.1. The molecule has 2 aliphatic carbocycles. The molecule has 2 aliphatic rings. The predicted molar refractivity (Wildman–Crippen MR) is 170 cm³/mol. The third-order valence-corrected chi connectivity index (χ3v) is 9.61. The van der Waals surface area contributed by atoms with Gasteiger partial charge >= 0.3 is 11.9 Å². The van der Waals surface area contributed by atoms with Gasteiger partial charge in [0, 0.05) is 11.5 Å². The second kappa shape index (κ2) is 17.5. The summed E-state index contributed by atoms with van der Waals surface area (Å²) in [5, 5.41) is 9.59. The number of esters is 2. The van der Waals surface area contributed by atoms with E-state index in [-0.39, 0.29) is 24.7 Å². The monoisotopic (exact) mass is 578 g/mol. The van der Waals surface area contributed by atoms with Gasteiger partial charge in [0.2, 0.25) is 0 Å². The van der Waals surface area contributed by atoms with Crippen LogP contribution in [0.3, 0.4) is 0 Å². The lowest BCUT2D eigenvalue weighted by Crippen LogP contribution is -2.25. The number of aliphatic hydroxyl groups is 1. The minimum atomic E-state index is -0.969. The molecule has 0 aromatic heterocycles. The highest BCUT2D eigenvalue weighted by Crippen LogP contribution is 2.44. The molecule has 2 fully saturated rings. The van der Waals surface area contributed by atoms with E-state index >= 15 is 0 Å². The Hall–Kier alpha value is -2.66. The maximum Gasteiger partial charge on any atom is 0.336 e. The summed E-state index contributed by atoms with van der Waals surface area (Å²) in [6.45, 7) is 12.7. The summed E-state index contributed by atoms with van der Waals surface area (Å²) in [4.78, 5) is 24.1. The van der Waals surface area contributed by atoms with E-state index in [2.05, 4.69) is 56.5 Å². The summed E-state index contributed by atoms with van der Waals surface area (Å²) in [6, 6.07) is 9.02. The number of carbonyl (C=O) groups is 2. The molecule has 3 rings (SSSR count). The molecule has 42 heavy (non-hydrogen) atoms. The zero-order valence-electron chi connectivity index (χ0n) is 26.3. The number of aryl methyl sites for hydroxylation is 1. The number of carbonyl (C=O) groups excluding carboxylic acids is 2. The fourth-order valence-electron chi connectivity index (χ4n) is 6.69. The average molecular weight is 579 g/mol. The van der Waals surface area contributed by atoms with Gasteiger partial charge in [0.15, 0.2) is 0 Å². The van der Waals surface area contributed by atoms with Crippen molar-refractivity contribution in [3.8, 4) is 0 Å². The number of aliphatic hydroxyl groups excluding tert-OH is 1. The van der Waals surface area contributed by atoms with E-state index in [1.807, 2.05) is 0 Å². The fraction of sp³-hybridized carbons (Fsp3) is 0.622. The van der Waals surface area contributed by atoms with E-state index in [9.17, 15) is 14.7 Å². The Morgan fingerprint density at radius 1 is 0.929 bits per heavy atom. The number of benzene rings is 1. The van der Waals surface area contributed by atoms with E-state index in [0.29, 0.717) is 17.9 Å². The first-order valence-corrected chi connectivity index (χ1v) is 16.2. The molecular formula is C37H54O5. The first-order chi connectivity index (χ1) is 20.2. The second-order valence-corrected chi connectivity index (χ2v) is 12.9. The molecule has 0 amide bonds. The van der Waals surface area contributed by atoms with Gasteiger partial charge < -0.3 is 14.6 Å². The van der Waals surface area contributed by atoms with E-state index in [4.69, 9.17) is 9.47 Å². The summed E-state index contributed by atoms with van der Waals surface area (Å²) in [6.07, 6.45) is 18.7. The van der Waals surface area contributed by atoms with Crippen LogP contribution in [0.5, 0.6) is 0 Å². The van der Waals surface area contributed by atoms with Gasteiger partial charge in [-0.25, -0.2) is 9.59 Å². The maximum atomic E-state index is 12.2. The smallest absolute Gasteiger partial charge is 0.336 e. The molecular weight excluding hydrogens is 524 g/mol. The highest BCUT2D eigenvalue weighted by Gasteiger charge is 2.31. The van der Waals surface area contributed by atoms with Gasteiger partial charge in [-0.3, -0.25) is 0 Å². The van der Waals surface area contributed by atoms with Crippen LogP contribution < -0.4 is 0 Å². The molecule has 1 N–H and O–H groups in total. The summed E-state index contributed by atoms with van der Waals surface area (Å²) >= 11 is 0. The molecule has 2 saturated carbocycles. The molecule has 2 unspecified atom stereocenters. The molecule has 1 aromatic carbocycles. The average Bonchev–Trinajstić information content (AvgIpc) is 3.00. The topological polar surface area (TPSA) is 72.8 Å². The van der Waals surface area contributed by atoms with Crippen LogP contribution >= 0.6 is 0 Å². The zero-order chi connectivity index (χ0) is 30.5. The van der Waals surface area contributed by atoms with Crippen molar-refractivity contribution in [2.45, 2.75) is 110 Å². The number of ether oxygens (including phenoxy) is 2. The largest absolute Gasteiger partial charge is 0.462 e. The van der Waals surface area contributed by atoms with E-state index < -0.39 is 18.0 Å². The van der Waals surface area contributed by atoms with Gasteiger partial charge in [0.25, 0.3) is 0 Å². The molecule has 5 heteroatoms. The molecule has 0 heterocycles. The summed E-state index contributed by atoms with van der Waals surface area (Å²) in [7, 11) is 0. The molecule has 0 bridgehead atoms. The Bertz CT molecular complexity index is 1040. The molecule has 0 radical (unpaired) electrons. The lowest BCUT2D eigenvalue weighted by atomic mass is 9.68. The van der Waals surface area contributed by atoms with Gasteiger partial charge in [-0.15, -0.1) is 0 Å². The zero-order valence-corrected chi connectivity index (χ0v) is 26.3. The van der Waals surface area contributed by atoms with Gasteiger partial charge in [-0.2, -0.15) is 0 Å². The molecule has 1 aromatic rings. The number of hydrogen-bond acceptors (Lipinski definition) is 5. The molecule has 0 saturated heterocycles. The van der Waals surface area contributed by atoms with Crippen LogP contribution in [0.1, 0.15) is 108 Å². The van der Waals surface area contributed by atoms with Crippen molar-refractivity contribution < 1.29 is 24.2 Å². The summed E-state index contributed by atoms with van der Waals surface area (Å²) < 4.78 is 10.7. The predicted octanol–water partition coefficient (Wildman–Crippen LogP) is 8.27. The molecule has 5 nitrogen and oxygen atoms in total. The number of allylic oxidation sites excluding steroid dienone is 2. The van der Waals surface area contributed by atoms with Crippen molar-refractivity contribution in [2.24, 2.45) is 23.7 Å². The van der Waals surface area contributed by atoms with Crippen LogP contribution in [0.4, 0.5) is 0 Å². The Morgan fingerprint density at radius 2 is 1.50 bits per heavy atom. The highest BCUT2D eigenvalue weighted by molar-refractivity contribution is 5.88. The SMILES string of the molecule is C=C(C)C(=O)OCC(CCc1ccc(C2CCC(C3CCC(CC/C=C/C)CC3)CC2)cc1)COC(=O)C(=C)C(C)O. The van der Waals surface area contributed by atoms with Crippen LogP contribution in [0.25, 0.3) is 0 Å². The van der Waals surface area contributed by atoms with Crippen molar-refractivity contribution in [3.05, 3.63) is 71.8 Å². The molecule has 232 valence electrons. The van der Waals surface area contributed by atoms with Crippen LogP contribution in [0, 0.1) is 23.7 Å². The molecule has 2 atom stereocenters. The lowest BCUT2D eigenvalue weighted by molar-refractivity contribution is -0.144. The van der Waals surface area contributed by atoms with Crippen LogP contribution in [0.15, 0.2) is 60.7 Å². The van der Waals surface area contributed by atoms with Gasteiger partial charge in [0.1, 0.15) is 0 Å². The van der Waals surface area contributed by atoms with E-state index in [1.165, 1.54) is 82.3 Å². The van der Waals surface area contributed by atoms with Gasteiger partial charge in [-0.05, 0) is 120 Å². The fourth-order valence-corrected chi connectivity index (χ4v) is 6.69. The van der Waals surface area contributed by atoms with Crippen molar-refractivity contribution in [1.82, 2.24) is 0 Å². The van der Waals surface area contributed by atoms with E-state index in [0.717, 1.165) is 24.2 Å². The molecule has 0 spiro atoms. The second-order valence-electron chi connectivity index (χ2n) is 12.9. The minimum Gasteiger partial charge on any atom is -0.462 e. The van der Waals surface area contributed by atoms with Crippen LogP contribution in [-0.4, -0.2) is 36.4 Å². The first kappa shape index (κ1) is 33.8. The van der Waals surface area contributed by atoms with Crippen LogP contribution in [0.2, 0.25) is 0 Å². The third-order valence-electron chi connectivity index (χ3n) is 9.61. The third kappa shape index (κ3) is 10.9. The van der Waals surface area contributed by atoms with Gasteiger partial charge in [-0.1, -0.05) is 62.4 Å². The van der Waals surface area contributed by atoms with Crippen molar-refractivity contribution >= 4 is 11.9 Å². The van der Waals surface area contributed by atoms with Crippen molar-refractivity contribution in [1.29, 1.82) is 0 Å². The number of rotatable bonds is 15. The van der Waals surface area contributed by atoms with E-state index in [1.54, 1.807) is 6.92 Å². The number of hydrogen-bond donors (Lipinski definition) is 1. The minimum absolute atomic E-state index is 0.0142. The first-order valence-electron chi connectivity index (χ1n) is 16.2. The van der Waals surface area contributed by atoms with Crippen molar-refractivity contribution in [3.63, 3.8) is 0 Å². The Kier molecular flexibility index (Phi) is 14.1. The maximum absolute atomic E-state index is 12.2. The Labute approximate surface area is 254 Å². The van der Waals surface area contributed by atoms with Gasteiger partial charge in [0.05, 0.1) is 24.9 Å². The van der Waals surface area contributed by atoms with Crippen LogP contribution in [-0.2, 0) is 25.5 Å². The Morgan fingerprint density at radius 3 is 2.05 bits per heavy atom. The lowest BCUT2D eigenvalue weighted by Gasteiger charge is -2.38. The summed E-state index contributed by atoms with van der Waals surface area (Å²) in [5.74, 6) is 2.21. The Balaban J connectivity index is 1.45. The standard InChI is InChI=1S/C37H54O5/c1-6-7-8-9-29-12-16-32(17-13-29)34-20-22-35(23-21-34)33-18-14-30(15-19-33)10-11-31(24-41-36(39)26(2)3)25-42-37(40)27(4)28(5)38/h6-7,14-15,18-19,28-29,31-32,34-35,38H,2,4,8-13,16-17,20-25H2,1,3,5H3/b7-6+. The van der Waals surface area contributed by atoms with Crippen molar-refractivity contribution in [2.75, 3.05) is 13.2 Å². The molecule has 0 aliphatic heterocycles. The summed E-state index contributed by atoms with van der Waals surface area (Å²) in [5.41, 5.74) is 3.01.